The Morgan fingerprint density at radius 3 is 1.94 bits per heavy atom. The van der Waals surface area contributed by atoms with Crippen molar-refractivity contribution in [3.63, 3.8) is 0 Å². The number of aromatic nitrogens is 1. The number of halogens is 7. The number of hydrogen-bond donors (Lipinski definition) is 0. The highest BCUT2D eigenvalue weighted by atomic mass is 19.4. The van der Waals surface area contributed by atoms with Crippen molar-refractivity contribution in [2.24, 2.45) is 0 Å². The number of nitrogens with zero attached hydrogens (tertiary/aromatic N) is 1. The van der Waals surface area contributed by atoms with Crippen LogP contribution in [-0.2, 0) is 5.92 Å². The molecule has 0 saturated carbocycles. The highest BCUT2D eigenvalue weighted by Gasteiger charge is 2.74. The fourth-order valence-corrected chi connectivity index (χ4v) is 0.835. The molecule has 0 aromatic carbocycles. The van der Waals surface area contributed by atoms with E-state index in [1.807, 2.05) is 6.07 Å². The Bertz CT molecular complexity index is 356. The van der Waals surface area contributed by atoms with Crippen LogP contribution in [0.25, 0.3) is 0 Å². The number of alkyl halides is 7. The fourth-order valence-electron chi connectivity index (χ4n) is 0.835. The standard InChI is InChI=1S/C8H3F7N/c9-6(10,5-3-1-2-4-16-5)7(11,12)8(13,14)15/h2-4H. The van der Waals surface area contributed by atoms with Gasteiger partial charge in [0.2, 0.25) is 0 Å². The maximum atomic E-state index is 12.9. The molecule has 1 aromatic rings. The molecule has 1 rings (SSSR count). The predicted molar refractivity (Wildman–Crippen MR) is 38.0 cm³/mol. The second kappa shape index (κ2) is 3.60. The summed E-state index contributed by atoms with van der Waals surface area (Å²) < 4.78 is 85.9. The Morgan fingerprint density at radius 2 is 1.56 bits per heavy atom. The Labute approximate surface area is 84.9 Å². The van der Waals surface area contributed by atoms with Crippen molar-refractivity contribution in [2.75, 3.05) is 0 Å². The Kier molecular flexibility index (Phi) is 2.86. The van der Waals surface area contributed by atoms with Crippen LogP contribution >= 0.6 is 0 Å². The van der Waals surface area contributed by atoms with E-state index in [0.717, 1.165) is 6.07 Å². The highest BCUT2D eigenvalue weighted by Crippen LogP contribution is 2.50. The van der Waals surface area contributed by atoms with Gasteiger partial charge >= 0.3 is 18.0 Å². The monoisotopic (exact) mass is 246 g/mol. The molecule has 0 aliphatic rings. The maximum absolute atomic E-state index is 12.9. The largest absolute Gasteiger partial charge is 0.460 e. The molecule has 0 fully saturated rings. The molecule has 0 bridgehead atoms. The van der Waals surface area contributed by atoms with Crippen LogP contribution in [-0.4, -0.2) is 17.1 Å². The van der Waals surface area contributed by atoms with E-state index < -0.39 is 23.7 Å². The molecule has 1 nitrogen and oxygen atoms in total. The van der Waals surface area contributed by atoms with Crippen molar-refractivity contribution in [3.8, 4) is 0 Å². The average Bonchev–Trinajstić information content (AvgIpc) is 2.17. The molecule has 16 heavy (non-hydrogen) atoms. The van der Waals surface area contributed by atoms with Gasteiger partial charge < -0.3 is 0 Å². The van der Waals surface area contributed by atoms with Gasteiger partial charge in [-0.3, -0.25) is 4.98 Å². The van der Waals surface area contributed by atoms with Gasteiger partial charge in [0.15, 0.2) is 0 Å². The van der Waals surface area contributed by atoms with Crippen LogP contribution < -0.4 is 0 Å². The molecular formula is C8H3F7N. The van der Waals surface area contributed by atoms with E-state index in [9.17, 15) is 30.7 Å². The van der Waals surface area contributed by atoms with Gasteiger partial charge in [-0.15, -0.1) is 0 Å². The smallest absolute Gasteiger partial charge is 0.255 e. The first-order valence-electron chi connectivity index (χ1n) is 3.75. The van der Waals surface area contributed by atoms with Gasteiger partial charge in [0.25, 0.3) is 0 Å². The van der Waals surface area contributed by atoms with E-state index in [1.54, 1.807) is 0 Å². The van der Waals surface area contributed by atoms with E-state index in [-0.39, 0.29) is 6.07 Å². The first kappa shape index (κ1) is 12.7. The molecule has 0 N–H and O–H groups in total. The zero-order valence-electron chi connectivity index (χ0n) is 7.33. The minimum atomic E-state index is -6.35. The molecule has 0 aliphatic carbocycles. The highest BCUT2D eigenvalue weighted by molar-refractivity contribution is 5.14. The zero-order valence-corrected chi connectivity index (χ0v) is 7.33. The Morgan fingerprint density at radius 1 is 1.00 bits per heavy atom. The summed E-state index contributed by atoms with van der Waals surface area (Å²) in [5.74, 6) is -11.6. The van der Waals surface area contributed by atoms with Crippen LogP contribution in [0.1, 0.15) is 5.69 Å². The lowest BCUT2D eigenvalue weighted by Crippen LogP contribution is -2.50. The SMILES string of the molecule is FC(F)(F)C(F)(F)C(F)(F)c1c[c]ccn1. The maximum Gasteiger partial charge on any atom is 0.460 e. The van der Waals surface area contributed by atoms with Crippen LogP contribution in [0.5, 0.6) is 0 Å². The predicted octanol–water partition coefficient (Wildman–Crippen LogP) is 3.17. The molecule has 0 amide bonds. The Balaban J connectivity index is 3.22. The summed E-state index contributed by atoms with van der Waals surface area (Å²) in [6, 6.07) is 3.22. The topological polar surface area (TPSA) is 12.9 Å². The van der Waals surface area contributed by atoms with Crippen molar-refractivity contribution < 1.29 is 30.7 Å². The number of hydrogen-bond acceptors (Lipinski definition) is 1. The summed E-state index contributed by atoms with van der Waals surface area (Å²) in [5, 5.41) is 0. The quantitative estimate of drug-likeness (QED) is 0.730. The molecule has 0 saturated heterocycles. The first-order valence-corrected chi connectivity index (χ1v) is 3.75. The van der Waals surface area contributed by atoms with Crippen molar-refractivity contribution in [1.82, 2.24) is 4.98 Å². The minimum absolute atomic E-state index is 0.277. The molecule has 0 atom stereocenters. The van der Waals surface area contributed by atoms with Gasteiger partial charge in [0.1, 0.15) is 5.69 Å². The van der Waals surface area contributed by atoms with E-state index in [0.29, 0.717) is 6.20 Å². The molecule has 1 radical (unpaired) electrons. The lowest BCUT2D eigenvalue weighted by atomic mass is 10.1. The van der Waals surface area contributed by atoms with Gasteiger partial charge in [-0.1, -0.05) is 0 Å². The third kappa shape index (κ3) is 1.83. The Hall–Kier alpha value is -1.34. The molecule has 89 valence electrons. The summed E-state index contributed by atoms with van der Waals surface area (Å²) in [4.78, 5) is 2.77. The van der Waals surface area contributed by atoms with Crippen molar-refractivity contribution >= 4 is 0 Å². The van der Waals surface area contributed by atoms with E-state index in [4.69, 9.17) is 0 Å². The summed E-state index contributed by atoms with van der Waals surface area (Å²) >= 11 is 0. The third-order valence-electron chi connectivity index (χ3n) is 1.68. The van der Waals surface area contributed by atoms with Crippen LogP contribution in [0.4, 0.5) is 30.7 Å². The normalized spacial score (nSPS) is 13.9. The summed E-state index contributed by atoms with van der Waals surface area (Å²) in [5.41, 5.74) is -1.68. The number of rotatable bonds is 2. The zero-order chi connectivity index (χ0) is 12.6. The van der Waals surface area contributed by atoms with Crippen molar-refractivity contribution in [1.29, 1.82) is 0 Å². The van der Waals surface area contributed by atoms with E-state index >= 15 is 0 Å². The lowest BCUT2D eigenvalue weighted by Gasteiger charge is -2.27. The van der Waals surface area contributed by atoms with Crippen molar-refractivity contribution in [3.05, 3.63) is 30.1 Å². The van der Waals surface area contributed by atoms with Crippen LogP contribution in [0.2, 0.25) is 0 Å². The third-order valence-corrected chi connectivity index (χ3v) is 1.68. The molecule has 8 heteroatoms. The van der Waals surface area contributed by atoms with Gasteiger partial charge in [-0.25, -0.2) is 0 Å². The summed E-state index contributed by atoms with van der Waals surface area (Å²) in [6.07, 6.45) is -5.70. The first-order chi connectivity index (χ1) is 7.11. The second-order valence-corrected chi connectivity index (χ2v) is 2.79. The molecule has 0 aliphatic heterocycles. The molecule has 0 unspecified atom stereocenters. The summed E-state index contributed by atoms with van der Waals surface area (Å²) in [6.45, 7) is 0. The van der Waals surface area contributed by atoms with Gasteiger partial charge in [-0.2, -0.15) is 30.7 Å². The minimum Gasteiger partial charge on any atom is -0.255 e. The molecule has 1 heterocycles. The van der Waals surface area contributed by atoms with Gasteiger partial charge in [0, 0.05) is 6.20 Å². The van der Waals surface area contributed by atoms with Crippen LogP contribution in [0.3, 0.4) is 0 Å². The van der Waals surface area contributed by atoms with E-state index in [2.05, 4.69) is 4.98 Å². The summed E-state index contributed by atoms with van der Waals surface area (Å²) in [7, 11) is 0. The molecular weight excluding hydrogens is 243 g/mol. The molecule has 0 spiro atoms. The van der Waals surface area contributed by atoms with E-state index in [1.165, 1.54) is 0 Å². The van der Waals surface area contributed by atoms with Gasteiger partial charge in [0.05, 0.1) is 0 Å². The average molecular weight is 246 g/mol. The van der Waals surface area contributed by atoms with Crippen molar-refractivity contribution in [2.45, 2.75) is 18.0 Å². The van der Waals surface area contributed by atoms with Gasteiger partial charge in [-0.05, 0) is 18.2 Å². The fraction of sp³-hybridized carbons (Fsp3) is 0.375. The lowest BCUT2D eigenvalue weighted by molar-refractivity contribution is -0.360. The second-order valence-electron chi connectivity index (χ2n) is 2.79. The molecule has 1 aromatic heterocycles. The van der Waals surface area contributed by atoms with Crippen LogP contribution in [0, 0.1) is 6.07 Å². The van der Waals surface area contributed by atoms with Crippen LogP contribution in [0.15, 0.2) is 18.3 Å². The number of pyridine rings is 1.